The molecule has 0 saturated carbocycles. The molecule has 0 radical (unpaired) electrons. The third-order valence-electron chi connectivity index (χ3n) is 3.39. The van der Waals surface area contributed by atoms with Crippen molar-refractivity contribution in [3.63, 3.8) is 0 Å². The number of nitrogens with zero attached hydrogens (tertiary/aromatic N) is 1. The maximum absolute atomic E-state index is 12.5. The molecule has 1 aliphatic heterocycles. The highest BCUT2D eigenvalue weighted by molar-refractivity contribution is 9.10. The van der Waals surface area contributed by atoms with Gasteiger partial charge in [-0.25, -0.2) is 0 Å². The lowest BCUT2D eigenvalue weighted by atomic mass is 10.0. The van der Waals surface area contributed by atoms with E-state index in [-0.39, 0.29) is 5.91 Å². The van der Waals surface area contributed by atoms with Gasteiger partial charge in [0, 0.05) is 35.7 Å². The summed E-state index contributed by atoms with van der Waals surface area (Å²) >= 11 is 3.50. The van der Waals surface area contributed by atoms with Gasteiger partial charge in [-0.2, -0.15) is 0 Å². The summed E-state index contributed by atoms with van der Waals surface area (Å²) in [5.41, 5.74) is 2.96. The number of carbonyl (C=O) groups excluding carboxylic acids is 1. The van der Waals surface area contributed by atoms with Crippen LogP contribution in [-0.2, 0) is 0 Å². The van der Waals surface area contributed by atoms with Gasteiger partial charge >= 0.3 is 0 Å². The summed E-state index contributed by atoms with van der Waals surface area (Å²) in [7, 11) is 0. The predicted octanol–water partition coefficient (Wildman–Crippen LogP) is 2.50. The fraction of sp³-hybridized carbons (Fsp3) is 0.500. The lowest BCUT2D eigenvalue weighted by Gasteiger charge is -2.32. The van der Waals surface area contributed by atoms with Crippen LogP contribution in [0.4, 0.5) is 0 Å². The molecule has 0 bridgehead atoms. The van der Waals surface area contributed by atoms with Crippen LogP contribution in [0.1, 0.15) is 28.4 Å². The second kappa shape index (κ2) is 5.41. The van der Waals surface area contributed by atoms with Crippen molar-refractivity contribution in [2.75, 3.05) is 19.6 Å². The van der Waals surface area contributed by atoms with Gasteiger partial charge in [0.15, 0.2) is 0 Å². The zero-order valence-electron chi connectivity index (χ0n) is 11.1. The Bertz CT molecular complexity index is 473. The number of piperazine rings is 1. The number of rotatable bonds is 1. The van der Waals surface area contributed by atoms with Crippen molar-refractivity contribution in [1.29, 1.82) is 0 Å². The monoisotopic (exact) mass is 310 g/mol. The third-order valence-corrected chi connectivity index (χ3v) is 4.25. The van der Waals surface area contributed by atoms with Crippen molar-refractivity contribution in [1.82, 2.24) is 10.2 Å². The van der Waals surface area contributed by atoms with Crippen LogP contribution < -0.4 is 5.32 Å². The first kappa shape index (κ1) is 13.6. The van der Waals surface area contributed by atoms with Gasteiger partial charge in [0.2, 0.25) is 0 Å². The molecule has 98 valence electrons. The molecule has 1 N–H and O–H groups in total. The molecule has 1 aromatic rings. The van der Waals surface area contributed by atoms with Crippen LogP contribution in [0.3, 0.4) is 0 Å². The molecular formula is C14H19BrN2O. The summed E-state index contributed by atoms with van der Waals surface area (Å²) in [5.74, 6) is 0.149. The van der Waals surface area contributed by atoms with Crippen molar-refractivity contribution < 1.29 is 4.79 Å². The topological polar surface area (TPSA) is 32.3 Å². The van der Waals surface area contributed by atoms with E-state index >= 15 is 0 Å². The highest BCUT2D eigenvalue weighted by Crippen LogP contribution is 2.22. The number of hydrogen-bond donors (Lipinski definition) is 1. The summed E-state index contributed by atoms with van der Waals surface area (Å²) in [6, 6.07) is 4.38. The average molecular weight is 311 g/mol. The van der Waals surface area contributed by atoms with Crippen molar-refractivity contribution in [3.8, 4) is 0 Å². The van der Waals surface area contributed by atoms with E-state index < -0.39 is 0 Å². The van der Waals surface area contributed by atoms with E-state index in [1.807, 2.05) is 30.9 Å². The number of nitrogens with one attached hydrogen (secondary N) is 1. The summed E-state index contributed by atoms with van der Waals surface area (Å²) in [6.45, 7) is 8.56. The highest BCUT2D eigenvalue weighted by Gasteiger charge is 2.23. The number of hydrogen-bond acceptors (Lipinski definition) is 2. The second-order valence-electron chi connectivity index (χ2n) is 5.02. The van der Waals surface area contributed by atoms with Crippen LogP contribution in [0.25, 0.3) is 0 Å². The van der Waals surface area contributed by atoms with Gasteiger partial charge in [-0.1, -0.05) is 15.9 Å². The van der Waals surface area contributed by atoms with E-state index in [2.05, 4.69) is 28.2 Å². The zero-order valence-corrected chi connectivity index (χ0v) is 12.7. The Labute approximate surface area is 117 Å². The van der Waals surface area contributed by atoms with Crippen LogP contribution in [0.5, 0.6) is 0 Å². The maximum Gasteiger partial charge on any atom is 0.254 e. The molecule has 1 saturated heterocycles. The molecule has 1 aromatic carbocycles. The molecule has 18 heavy (non-hydrogen) atoms. The molecule has 1 heterocycles. The number of aryl methyl sites for hydroxylation is 2. The van der Waals surface area contributed by atoms with E-state index in [0.717, 1.165) is 40.8 Å². The van der Waals surface area contributed by atoms with E-state index in [0.29, 0.717) is 6.04 Å². The molecule has 2 rings (SSSR count). The van der Waals surface area contributed by atoms with E-state index in [4.69, 9.17) is 0 Å². The number of amides is 1. The fourth-order valence-corrected chi connectivity index (χ4v) is 2.76. The smallest absolute Gasteiger partial charge is 0.254 e. The Hall–Kier alpha value is -0.870. The lowest BCUT2D eigenvalue weighted by molar-refractivity contribution is 0.0708. The number of carbonyl (C=O) groups is 1. The van der Waals surface area contributed by atoms with E-state index in [9.17, 15) is 4.79 Å². The second-order valence-corrected chi connectivity index (χ2v) is 5.88. The van der Waals surface area contributed by atoms with Crippen LogP contribution in [0.2, 0.25) is 0 Å². The molecule has 1 atom stereocenters. The standard InChI is InChI=1S/C14H19BrN2O/c1-9-7-13(15)10(2)6-12(9)14(18)17-5-4-16-11(3)8-17/h6-7,11,16H,4-5,8H2,1-3H3/t11-/m1/s1. The first-order valence-corrected chi connectivity index (χ1v) is 7.07. The summed E-state index contributed by atoms with van der Waals surface area (Å²) in [4.78, 5) is 14.5. The fourth-order valence-electron chi connectivity index (χ4n) is 2.30. The summed E-state index contributed by atoms with van der Waals surface area (Å²) in [5, 5.41) is 3.35. The van der Waals surface area contributed by atoms with Crippen molar-refractivity contribution >= 4 is 21.8 Å². The molecule has 0 aliphatic carbocycles. The van der Waals surface area contributed by atoms with E-state index in [1.165, 1.54) is 0 Å². The third kappa shape index (κ3) is 2.75. The molecule has 0 aromatic heterocycles. The number of halogens is 1. The van der Waals surface area contributed by atoms with Gasteiger partial charge in [-0.05, 0) is 44.0 Å². The van der Waals surface area contributed by atoms with Crippen LogP contribution in [0.15, 0.2) is 16.6 Å². The van der Waals surface area contributed by atoms with Gasteiger partial charge < -0.3 is 10.2 Å². The Morgan fingerprint density at radius 3 is 2.78 bits per heavy atom. The number of benzene rings is 1. The molecule has 0 spiro atoms. The molecular weight excluding hydrogens is 292 g/mol. The van der Waals surface area contributed by atoms with Gasteiger partial charge in [-0.15, -0.1) is 0 Å². The van der Waals surface area contributed by atoms with Gasteiger partial charge in [-0.3, -0.25) is 4.79 Å². The summed E-state index contributed by atoms with van der Waals surface area (Å²) in [6.07, 6.45) is 0. The minimum Gasteiger partial charge on any atom is -0.336 e. The predicted molar refractivity (Wildman–Crippen MR) is 77.0 cm³/mol. The zero-order chi connectivity index (χ0) is 13.3. The van der Waals surface area contributed by atoms with Crippen molar-refractivity contribution in [2.24, 2.45) is 0 Å². The van der Waals surface area contributed by atoms with Gasteiger partial charge in [0.25, 0.3) is 5.91 Å². The molecule has 1 amide bonds. The van der Waals surface area contributed by atoms with Crippen LogP contribution >= 0.6 is 15.9 Å². The van der Waals surface area contributed by atoms with Crippen LogP contribution in [-0.4, -0.2) is 36.5 Å². The largest absolute Gasteiger partial charge is 0.336 e. The molecule has 0 unspecified atom stereocenters. The lowest BCUT2D eigenvalue weighted by Crippen LogP contribution is -2.51. The first-order valence-electron chi connectivity index (χ1n) is 6.28. The Morgan fingerprint density at radius 2 is 2.11 bits per heavy atom. The molecule has 4 heteroatoms. The minimum atomic E-state index is 0.149. The summed E-state index contributed by atoms with van der Waals surface area (Å²) < 4.78 is 1.06. The Balaban J connectivity index is 2.25. The minimum absolute atomic E-state index is 0.149. The quantitative estimate of drug-likeness (QED) is 0.864. The molecule has 3 nitrogen and oxygen atoms in total. The first-order chi connectivity index (χ1) is 8.49. The van der Waals surface area contributed by atoms with Crippen LogP contribution in [0, 0.1) is 13.8 Å². The average Bonchev–Trinajstić information content (AvgIpc) is 2.33. The highest BCUT2D eigenvalue weighted by atomic mass is 79.9. The van der Waals surface area contributed by atoms with E-state index in [1.54, 1.807) is 0 Å². The molecule has 1 fully saturated rings. The normalized spacial score (nSPS) is 20.0. The maximum atomic E-state index is 12.5. The van der Waals surface area contributed by atoms with Crippen molar-refractivity contribution in [2.45, 2.75) is 26.8 Å². The van der Waals surface area contributed by atoms with Crippen molar-refractivity contribution in [3.05, 3.63) is 33.3 Å². The van der Waals surface area contributed by atoms with Gasteiger partial charge in [0.05, 0.1) is 0 Å². The van der Waals surface area contributed by atoms with Gasteiger partial charge in [0.1, 0.15) is 0 Å². The Kier molecular flexibility index (Phi) is 4.07. The Morgan fingerprint density at radius 1 is 1.39 bits per heavy atom. The SMILES string of the molecule is Cc1cc(C(=O)N2CCN[C@H](C)C2)c(C)cc1Br. The molecule has 1 aliphatic rings.